The lowest BCUT2D eigenvalue weighted by Crippen LogP contribution is -2.72. The Bertz CT molecular complexity index is 1280. The van der Waals surface area contributed by atoms with Gasteiger partial charge in [0, 0.05) is 34.3 Å². The topological polar surface area (TPSA) is 112 Å². The highest BCUT2D eigenvalue weighted by molar-refractivity contribution is 5.96. The van der Waals surface area contributed by atoms with E-state index in [9.17, 15) is 9.59 Å². The Morgan fingerprint density at radius 3 is 2.57 bits per heavy atom. The van der Waals surface area contributed by atoms with Gasteiger partial charge in [0.05, 0.1) is 36.4 Å². The molecule has 0 unspecified atom stereocenters. The number of rotatable bonds is 6. The first-order chi connectivity index (χ1) is 19.4. The van der Waals surface area contributed by atoms with Crippen molar-refractivity contribution in [2.45, 2.75) is 89.3 Å². The Labute approximate surface area is 253 Å². The number of cyclic esters (lactones) is 2. The SMILES string of the molecule is CN(C)CCCO/N=C1/C[C@H]2C(C)(C)O[C@H]3CC(=O)OC[C@]32[C@H]2CC[C@@]3(C)[C@H](c4ccoc4)OC(=O)[C@H]4O[C@]43[C@]12C.Cl. The van der Waals surface area contributed by atoms with Gasteiger partial charge in [-0.2, -0.15) is 0 Å². The summed E-state index contributed by atoms with van der Waals surface area (Å²) < 4.78 is 30.8. The van der Waals surface area contributed by atoms with E-state index < -0.39 is 39.7 Å². The maximum absolute atomic E-state index is 13.5. The van der Waals surface area contributed by atoms with Crippen molar-refractivity contribution in [2.24, 2.45) is 33.2 Å². The van der Waals surface area contributed by atoms with Gasteiger partial charge in [0.2, 0.25) is 0 Å². The molecule has 6 fully saturated rings. The fraction of sp³-hybridized carbons (Fsp3) is 0.774. The van der Waals surface area contributed by atoms with Gasteiger partial charge in [0.25, 0.3) is 0 Å². The lowest BCUT2D eigenvalue weighted by atomic mass is 9.37. The second-order valence-electron chi connectivity index (χ2n) is 14.3. The van der Waals surface area contributed by atoms with Gasteiger partial charge >= 0.3 is 11.9 Å². The van der Waals surface area contributed by atoms with Crippen LogP contribution in [0.15, 0.2) is 28.2 Å². The average molecular weight is 607 g/mol. The van der Waals surface area contributed by atoms with Crippen LogP contribution >= 0.6 is 12.4 Å². The zero-order valence-electron chi connectivity index (χ0n) is 25.3. The summed E-state index contributed by atoms with van der Waals surface area (Å²) in [5.74, 6) is -0.515. The third kappa shape index (κ3) is 3.64. The number of hydrogen-bond acceptors (Lipinski definition) is 10. The number of carbonyl (C=O) groups is 2. The molecule has 1 aromatic rings. The zero-order chi connectivity index (χ0) is 29.0. The van der Waals surface area contributed by atoms with Gasteiger partial charge in [-0.25, -0.2) is 4.79 Å². The molecule has 10 nitrogen and oxygen atoms in total. The van der Waals surface area contributed by atoms with E-state index in [-0.39, 0.29) is 48.7 Å². The number of carbonyl (C=O) groups excluding carboxylic acids is 2. The van der Waals surface area contributed by atoms with Crippen molar-refractivity contribution in [1.82, 2.24) is 4.90 Å². The molecule has 2 aliphatic carbocycles. The fourth-order valence-electron chi connectivity index (χ4n) is 10.1. The second kappa shape index (κ2) is 9.68. The van der Waals surface area contributed by atoms with Crippen LogP contribution in [0.2, 0.25) is 0 Å². The van der Waals surface area contributed by atoms with Crippen molar-refractivity contribution in [1.29, 1.82) is 0 Å². The van der Waals surface area contributed by atoms with Crippen LogP contribution in [-0.2, 0) is 33.4 Å². The van der Waals surface area contributed by atoms with Crippen LogP contribution in [0.1, 0.15) is 71.5 Å². The van der Waals surface area contributed by atoms with Crippen molar-refractivity contribution in [2.75, 3.05) is 33.9 Å². The van der Waals surface area contributed by atoms with E-state index in [4.69, 9.17) is 33.4 Å². The Kier molecular flexibility index (Phi) is 6.89. The Morgan fingerprint density at radius 1 is 1.07 bits per heavy atom. The lowest BCUT2D eigenvalue weighted by molar-refractivity contribution is -0.209. The number of fused-ring (bicyclic) bond motifs is 1. The molecule has 0 amide bonds. The van der Waals surface area contributed by atoms with Crippen LogP contribution in [0.4, 0.5) is 0 Å². The predicted molar refractivity (Wildman–Crippen MR) is 153 cm³/mol. The van der Waals surface area contributed by atoms with Crippen LogP contribution in [0.5, 0.6) is 0 Å². The van der Waals surface area contributed by atoms with Gasteiger partial charge in [0.1, 0.15) is 24.9 Å². The Balaban J connectivity index is 0.00000316. The summed E-state index contributed by atoms with van der Waals surface area (Å²) in [4.78, 5) is 34.3. The number of epoxide rings is 1. The molecule has 9 atom stereocenters. The van der Waals surface area contributed by atoms with Crippen LogP contribution in [-0.4, -0.2) is 79.8 Å². The van der Waals surface area contributed by atoms with E-state index in [1.54, 1.807) is 12.5 Å². The Morgan fingerprint density at radius 2 is 1.86 bits per heavy atom. The minimum absolute atomic E-state index is 0. The van der Waals surface area contributed by atoms with Gasteiger partial charge in [-0.1, -0.05) is 19.0 Å². The molecule has 0 radical (unpaired) electrons. The molecule has 232 valence electrons. The average Bonchev–Trinajstić information content (AvgIpc) is 3.39. The highest BCUT2D eigenvalue weighted by Crippen LogP contribution is 2.80. The zero-order valence-corrected chi connectivity index (χ0v) is 26.2. The third-order valence-electron chi connectivity index (χ3n) is 11.8. The largest absolute Gasteiger partial charge is 0.472 e. The van der Waals surface area contributed by atoms with Gasteiger partial charge in [-0.3, -0.25) is 4.79 Å². The molecule has 4 saturated heterocycles. The molecule has 4 aliphatic heterocycles. The number of hydrogen-bond donors (Lipinski definition) is 0. The summed E-state index contributed by atoms with van der Waals surface area (Å²) in [7, 11) is 4.08. The molecule has 42 heavy (non-hydrogen) atoms. The number of oxime groups is 1. The normalized spacial score (nSPS) is 45.4. The summed E-state index contributed by atoms with van der Waals surface area (Å²) in [6.07, 6.45) is 5.07. The van der Waals surface area contributed by atoms with E-state index >= 15 is 0 Å². The molecule has 0 aromatic carbocycles. The maximum Gasteiger partial charge on any atom is 0.339 e. The summed E-state index contributed by atoms with van der Waals surface area (Å²) in [5.41, 5.74) is -1.25. The molecule has 7 rings (SSSR count). The first kappa shape index (κ1) is 29.9. The van der Waals surface area contributed by atoms with Crippen LogP contribution in [0, 0.1) is 28.1 Å². The summed E-state index contributed by atoms with van der Waals surface area (Å²) >= 11 is 0. The highest BCUT2D eigenvalue weighted by Gasteiger charge is 2.89. The first-order valence-electron chi connectivity index (χ1n) is 15.0. The van der Waals surface area contributed by atoms with E-state index in [1.165, 1.54) is 0 Å². The molecule has 0 bridgehead atoms. The summed E-state index contributed by atoms with van der Waals surface area (Å²) in [6, 6.07) is 1.87. The number of ether oxygens (including phenoxy) is 4. The number of halogens is 1. The molecule has 0 N–H and O–H groups in total. The second-order valence-corrected chi connectivity index (χ2v) is 14.3. The molecule has 2 spiro atoms. The van der Waals surface area contributed by atoms with E-state index in [0.717, 1.165) is 37.1 Å². The standard InChI is InChI=1S/C31H42N2O8.ClH/c1-27(2)20-14-21(32-38-12-7-11-33(5)6)29(4)19(30(20)17-37-23(34)15-22(30)40-27)8-10-28(3)24(18-9-13-36-16-18)39-26(35)25-31(28,29)41-25;/h9,13,16,19-20,22,24-25H,7-8,10-12,14-15,17H2,1-6H3;1H/b32-21-;/t19-,20-,22-,24-,25+,28-,29-,30+,31+;/m0./s1. The van der Waals surface area contributed by atoms with Gasteiger partial charge < -0.3 is 33.1 Å². The minimum Gasteiger partial charge on any atom is -0.472 e. The fourth-order valence-corrected chi connectivity index (χ4v) is 10.1. The van der Waals surface area contributed by atoms with Gasteiger partial charge in [0.15, 0.2) is 6.10 Å². The summed E-state index contributed by atoms with van der Waals surface area (Å²) in [6.45, 7) is 10.3. The quantitative estimate of drug-likeness (QED) is 0.202. The van der Waals surface area contributed by atoms with Crippen molar-refractivity contribution < 1.29 is 37.8 Å². The third-order valence-corrected chi connectivity index (χ3v) is 11.8. The van der Waals surface area contributed by atoms with Crippen molar-refractivity contribution in [3.63, 3.8) is 0 Å². The van der Waals surface area contributed by atoms with Gasteiger partial charge in [-0.05, 0) is 65.6 Å². The minimum atomic E-state index is -0.857. The van der Waals surface area contributed by atoms with Gasteiger partial charge in [-0.15, -0.1) is 12.4 Å². The highest BCUT2D eigenvalue weighted by atomic mass is 35.5. The Hall–Kier alpha value is -2.14. The maximum atomic E-state index is 13.5. The van der Waals surface area contributed by atoms with Crippen LogP contribution < -0.4 is 0 Å². The predicted octanol–water partition coefficient (Wildman–Crippen LogP) is 4.31. The molecule has 2 saturated carbocycles. The van der Waals surface area contributed by atoms with E-state index in [1.807, 2.05) is 20.2 Å². The molecule has 11 heteroatoms. The first-order valence-corrected chi connectivity index (χ1v) is 15.0. The number of esters is 2. The molecule has 1 aromatic heterocycles. The molecular formula is C31H43ClN2O8. The van der Waals surface area contributed by atoms with Crippen molar-refractivity contribution >= 4 is 30.1 Å². The number of furan rings is 1. The summed E-state index contributed by atoms with van der Waals surface area (Å²) in [5, 5.41) is 4.90. The van der Waals surface area contributed by atoms with Crippen molar-refractivity contribution in [3.8, 4) is 0 Å². The van der Waals surface area contributed by atoms with Crippen LogP contribution in [0.3, 0.4) is 0 Å². The van der Waals surface area contributed by atoms with E-state index in [2.05, 4.69) is 32.6 Å². The van der Waals surface area contributed by atoms with Crippen molar-refractivity contribution in [3.05, 3.63) is 24.2 Å². The van der Waals surface area contributed by atoms with Crippen LogP contribution in [0.25, 0.3) is 0 Å². The van der Waals surface area contributed by atoms with E-state index in [0.29, 0.717) is 19.6 Å². The lowest BCUT2D eigenvalue weighted by Gasteiger charge is -2.65. The molecular weight excluding hydrogens is 564 g/mol. The molecule has 5 heterocycles. The molecule has 6 aliphatic rings. The number of nitrogens with zero attached hydrogens (tertiary/aromatic N) is 2. The monoisotopic (exact) mass is 606 g/mol. The smallest absolute Gasteiger partial charge is 0.339 e.